The lowest BCUT2D eigenvalue weighted by atomic mass is 9.84. The molecule has 0 aliphatic rings. The minimum absolute atomic E-state index is 0.0899. The summed E-state index contributed by atoms with van der Waals surface area (Å²) in [5.74, 6) is 0.903. The molecule has 0 saturated heterocycles. The second kappa shape index (κ2) is 6.43. The summed E-state index contributed by atoms with van der Waals surface area (Å²) >= 11 is 0. The Labute approximate surface area is 115 Å². The van der Waals surface area contributed by atoms with Crippen LogP contribution in [0.1, 0.15) is 19.4 Å². The van der Waals surface area contributed by atoms with Gasteiger partial charge in [-0.1, -0.05) is 24.8 Å². The van der Waals surface area contributed by atoms with Crippen molar-refractivity contribution in [3.63, 3.8) is 0 Å². The lowest BCUT2D eigenvalue weighted by Gasteiger charge is -2.31. The molecule has 0 spiro atoms. The summed E-state index contributed by atoms with van der Waals surface area (Å²) in [5.41, 5.74) is 0.473. The zero-order valence-electron chi connectivity index (χ0n) is 11.8. The first-order valence-electron chi connectivity index (χ1n) is 6.17. The van der Waals surface area contributed by atoms with Crippen LogP contribution in [0.5, 0.6) is 5.75 Å². The maximum absolute atomic E-state index is 9.61. The van der Waals surface area contributed by atoms with Crippen LogP contribution in [0.2, 0.25) is 0 Å². The molecule has 1 atom stereocenters. The highest BCUT2D eigenvalue weighted by atomic mass is 16.5. The summed E-state index contributed by atoms with van der Waals surface area (Å²) < 4.78 is 10.9. The molecular weight excluding hydrogens is 240 g/mol. The molecule has 0 fully saturated rings. The van der Waals surface area contributed by atoms with E-state index < -0.39 is 5.41 Å². The van der Waals surface area contributed by atoms with Gasteiger partial charge in [-0.3, -0.25) is 0 Å². The minimum Gasteiger partial charge on any atom is -0.512 e. The highest BCUT2D eigenvalue weighted by Crippen LogP contribution is 2.31. The van der Waals surface area contributed by atoms with Crippen molar-refractivity contribution < 1.29 is 14.6 Å². The smallest absolute Gasteiger partial charge is 0.118 e. The van der Waals surface area contributed by atoms with Gasteiger partial charge in [-0.15, -0.1) is 6.58 Å². The molecular formula is C16H22O3. The van der Waals surface area contributed by atoms with E-state index in [4.69, 9.17) is 9.47 Å². The number of methoxy groups -OCH3 is 1. The monoisotopic (exact) mass is 262 g/mol. The third-order valence-corrected chi connectivity index (χ3v) is 3.26. The van der Waals surface area contributed by atoms with Crippen molar-refractivity contribution >= 4 is 0 Å². The summed E-state index contributed by atoms with van der Waals surface area (Å²) in [7, 11) is 1.63. The van der Waals surface area contributed by atoms with Crippen molar-refractivity contribution in [1.82, 2.24) is 0 Å². The van der Waals surface area contributed by atoms with Crippen molar-refractivity contribution in [3.05, 3.63) is 54.8 Å². The van der Waals surface area contributed by atoms with Crippen molar-refractivity contribution in [2.24, 2.45) is 5.41 Å². The lowest BCUT2D eigenvalue weighted by molar-refractivity contribution is -0.00367. The van der Waals surface area contributed by atoms with E-state index in [2.05, 4.69) is 13.2 Å². The van der Waals surface area contributed by atoms with E-state index in [-0.39, 0.29) is 11.9 Å². The van der Waals surface area contributed by atoms with Crippen LogP contribution >= 0.6 is 0 Å². The normalized spacial score (nSPS) is 12.8. The molecule has 1 rings (SSSR count). The van der Waals surface area contributed by atoms with Gasteiger partial charge in [0.05, 0.1) is 31.0 Å². The van der Waals surface area contributed by atoms with Gasteiger partial charge >= 0.3 is 0 Å². The topological polar surface area (TPSA) is 38.7 Å². The molecule has 0 radical (unpaired) electrons. The first-order valence-corrected chi connectivity index (χ1v) is 6.17. The van der Waals surface area contributed by atoms with Crippen LogP contribution in [0.25, 0.3) is 0 Å². The Balaban J connectivity index is 2.67. The first-order chi connectivity index (χ1) is 8.91. The quantitative estimate of drug-likeness (QED) is 0.599. The standard InChI is InChI=1S/C16H22O3/c1-6-15(16(3,4)12(2)17)19-11-13-7-9-14(18-5)10-8-13/h6-10,15,17H,1-2,11H2,3-5H3/t15-/m0/s1. The molecule has 3 nitrogen and oxygen atoms in total. The molecule has 1 N–H and O–H groups in total. The van der Waals surface area contributed by atoms with Gasteiger partial charge in [0.2, 0.25) is 0 Å². The van der Waals surface area contributed by atoms with Gasteiger partial charge in [0.15, 0.2) is 0 Å². The molecule has 1 aromatic rings. The number of benzene rings is 1. The number of rotatable bonds is 7. The molecule has 0 aromatic heterocycles. The Morgan fingerprint density at radius 1 is 1.37 bits per heavy atom. The van der Waals surface area contributed by atoms with E-state index in [1.165, 1.54) is 0 Å². The third-order valence-electron chi connectivity index (χ3n) is 3.26. The van der Waals surface area contributed by atoms with Crippen LogP contribution in [-0.2, 0) is 11.3 Å². The molecule has 3 heteroatoms. The van der Waals surface area contributed by atoms with Crippen molar-refractivity contribution in [1.29, 1.82) is 0 Å². The van der Waals surface area contributed by atoms with Gasteiger partial charge in [0.25, 0.3) is 0 Å². The zero-order chi connectivity index (χ0) is 14.5. The molecule has 0 aliphatic heterocycles. The first kappa shape index (κ1) is 15.3. The molecule has 0 amide bonds. The Bertz CT molecular complexity index is 432. The molecule has 104 valence electrons. The number of aliphatic hydroxyl groups is 1. The van der Waals surface area contributed by atoms with E-state index in [1.807, 2.05) is 38.1 Å². The second-order valence-corrected chi connectivity index (χ2v) is 4.98. The highest BCUT2D eigenvalue weighted by molar-refractivity contribution is 5.26. The van der Waals surface area contributed by atoms with E-state index in [0.717, 1.165) is 11.3 Å². The largest absolute Gasteiger partial charge is 0.512 e. The van der Waals surface area contributed by atoms with Crippen LogP contribution in [0.15, 0.2) is 49.3 Å². The number of hydrogen-bond donors (Lipinski definition) is 1. The van der Waals surface area contributed by atoms with Gasteiger partial charge in [0.1, 0.15) is 5.75 Å². The SMILES string of the molecule is C=C[C@H](OCc1ccc(OC)cc1)C(C)(C)C(=C)O. The van der Waals surface area contributed by atoms with Crippen molar-refractivity contribution in [3.8, 4) is 5.75 Å². The van der Waals surface area contributed by atoms with Crippen LogP contribution in [0.4, 0.5) is 0 Å². The van der Waals surface area contributed by atoms with Gasteiger partial charge < -0.3 is 14.6 Å². The summed E-state index contributed by atoms with van der Waals surface area (Å²) in [4.78, 5) is 0. The van der Waals surface area contributed by atoms with Gasteiger partial charge in [0, 0.05) is 0 Å². The Kier molecular flexibility index (Phi) is 5.19. The van der Waals surface area contributed by atoms with Gasteiger partial charge in [-0.2, -0.15) is 0 Å². The van der Waals surface area contributed by atoms with Crippen LogP contribution in [0, 0.1) is 5.41 Å². The van der Waals surface area contributed by atoms with Crippen LogP contribution in [0.3, 0.4) is 0 Å². The Hall–Kier alpha value is -1.74. The number of aliphatic hydroxyl groups excluding tert-OH is 1. The van der Waals surface area contributed by atoms with Crippen molar-refractivity contribution in [2.45, 2.75) is 26.6 Å². The summed E-state index contributed by atoms with van der Waals surface area (Å²) in [5, 5.41) is 9.61. The van der Waals surface area contributed by atoms with E-state index in [1.54, 1.807) is 13.2 Å². The maximum Gasteiger partial charge on any atom is 0.118 e. The molecule has 0 unspecified atom stereocenters. The van der Waals surface area contributed by atoms with E-state index in [0.29, 0.717) is 6.61 Å². The highest BCUT2D eigenvalue weighted by Gasteiger charge is 2.31. The molecule has 0 saturated carbocycles. The molecule has 0 heterocycles. The molecule has 0 bridgehead atoms. The summed E-state index contributed by atoms with van der Waals surface area (Å²) in [6.45, 7) is 11.5. The number of hydrogen-bond acceptors (Lipinski definition) is 3. The second-order valence-electron chi connectivity index (χ2n) is 4.98. The minimum atomic E-state index is -0.561. The molecule has 1 aromatic carbocycles. The fourth-order valence-corrected chi connectivity index (χ4v) is 1.64. The zero-order valence-corrected chi connectivity index (χ0v) is 11.8. The van der Waals surface area contributed by atoms with E-state index in [9.17, 15) is 5.11 Å². The Morgan fingerprint density at radius 2 is 1.95 bits per heavy atom. The van der Waals surface area contributed by atoms with Crippen LogP contribution < -0.4 is 4.74 Å². The number of ether oxygens (including phenoxy) is 2. The maximum atomic E-state index is 9.61. The van der Waals surface area contributed by atoms with E-state index >= 15 is 0 Å². The summed E-state index contributed by atoms with van der Waals surface area (Å²) in [6.07, 6.45) is 1.39. The Morgan fingerprint density at radius 3 is 2.37 bits per heavy atom. The van der Waals surface area contributed by atoms with Crippen molar-refractivity contribution in [2.75, 3.05) is 7.11 Å². The fourth-order valence-electron chi connectivity index (χ4n) is 1.64. The average molecular weight is 262 g/mol. The summed E-state index contributed by atoms with van der Waals surface area (Å²) in [6, 6.07) is 7.66. The third kappa shape index (κ3) is 3.86. The van der Waals surface area contributed by atoms with Gasteiger partial charge in [-0.05, 0) is 31.5 Å². The average Bonchev–Trinajstić information content (AvgIpc) is 2.39. The molecule has 0 aliphatic carbocycles. The van der Waals surface area contributed by atoms with Crippen LogP contribution in [-0.4, -0.2) is 18.3 Å². The predicted octanol–water partition coefficient (Wildman–Crippen LogP) is 3.86. The fraction of sp³-hybridized carbons (Fsp3) is 0.375. The lowest BCUT2D eigenvalue weighted by Crippen LogP contribution is -2.31. The molecule has 19 heavy (non-hydrogen) atoms. The predicted molar refractivity (Wildman–Crippen MR) is 77.3 cm³/mol. The van der Waals surface area contributed by atoms with Gasteiger partial charge in [-0.25, -0.2) is 0 Å².